The fourth-order valence-electron chi connectivity index (χ4n) is 3.54. The highest BCUT2D eigenvalue weighted by atomic mass is 16.5. The van der Waals surface area contributed by atoms with Crippen molar-refractivity contribution in [2.24, 2.45) is 5.92 Å². The van der Waals surface area contributed by atoms with Crippen molar-refractivity contribution in [3.8, 4) is 11.5 Å². The summed E-state index contributed by atoms with van der Waals surface area (Å²) in [6, 6.07) is 6.36. The largest absolute Gasteiger partial charge is 0.493 e. The first-order valence-corrected chi connectivity index (χ1v) is 9.35. The van der Waals surface area contributed by atoms with Gasteiger partial charge in [0.2, 0.25) is 0 Å². The van der Waals surface area contributed by atoms with Crippen LogP contribution in [0.1, 0.15) is 38.2 Å². The summed E-state index contributed by atoms with van der Waals surface area (Å²) in [5.41, 5.74) is 1.19. The third-order valence-corrected chi connectivity index (χ3v) is 5.21. The number of hydrogen-bond donors (Lipinski definition) is 2. The van der Waals surface area contributed by atoms with Crippen LogP contribution in [0.15, 0.2) is 18.2 Å². The fraction of sp³-hybridized carbons (Fsp3) is 0.650. The molecule has 0 saturated heterocycles. The summed E-state index contributed by atoms with van der Waals surface area (Å²) < 4.78 is 10.6. The maximum atomic E-state index is 12.3. The van der Waals surface area contributed by atoms with Gasteiger partial charge in [0.05, 0.1) is 27.8 Å². The minimum Gasteiger partial charge on any atom is -0.493 e. The van der Waals surface area contributed by atoms with Gasteiger partial charge in [0.1, 0.15) is 0 Å². The van der Waals surface area contributed by atoms with E-state index in [0.29, 0.717) is 18.5 Å². The monoisotopic (exact) mass is 349 g/mol. The molecule has 1 saturated carbocycles. The highest BCUT2D eigenvalue weighted by Gasteiger charge is 2.23. The molecule has 0 aliphatic heterocycles. The number of ether oxygens (including phenoxy) is 2. The van der Waals surface area contributed by atoms with E-state index < -0.39 is 0 Å². The molecule has 0 heterocycles. The van der Waals surface area contributed by atoms with Gasteiger partial charge in [0, 0.05) is 12.5 Å². The van der Waals surface area contributed by atoms with E-state index in [0.717, 1.165) is 30.9 Å². The number of hydrogen-bond acceptors (Lipinski definition) is 3. The minimum atomic E-state index is 0.170. The Labute approximate surface area is 151 Å². The van der Waals surface area contributed by atoms with Crippen molar-refractivity contribution in [3.63, 3.8) is 0 Å². The number of quaternary nitrogens is 1. The smallest absolute Gasteiger partial charge is 0.275 e. The lowest BCUT2D eigenvalue weighted by atomic mass is 9.86. The Morgan fingerprint density at radius 1 is 1.20 bits per heavy atom. The van der Waals surface area contributed by atoms with Crippen molar-refractivity contribution in [3.05, 3.63) is 23.8 Å². The van der Waals surface area contributed by atoms with Crippen LogP contribution >= 0.6 is 0 Å². The number of amides is 1. The number of nitrogens with one attached hydrogen (secondary N) is 2. The molecule has 1 fully saturated rings. The summed E-state index contributed by atoms with van der Waals surface area (Å²) in [7, 11) is 5.36. The van der Waals surface area contributed by atoms with E-state index in [1.165, 1.54) is 29.7 Å². The molecule has 0 radical (unpaired) electrons. The molecular weight excluding hydrogens is 316 g/mol. The third kappa shape index (κ3) is 5.92. The third-order valence-electron chi connectivity index (χ3n) is 5.21. The molecule has 5 nitrogen and oxygen atoms in total. The Hall–Kier alpha value is -1.75. The maximum absolute atomic E-state index is 12.3. The second-order valence-corrected chi connectivity index (χ2v) is 7.26. The van der Waals surface area contributed by atoms with Gasteiger partial charge in [0.25, 0.3) is 5.91 Å². The van der Waals surface area contributed by atoms with Gasteiger partial charge in [-0.3, -0.25) is 4.79 Å². The first kappa shape index (κ1) is 19.6. The second-order valence-electron chi connectivity index (χ2n) is 7.26. The van der Waals surface area contributed by atoms with Gasteiger partial charge in [-0.2, -0.15) is 0 Å². The molecule has 25 heavy (non-hydrogen) atoms. The van der Waals surface area contributed by atoms with Crippen molar-refractivity contribution in [2.75, 3.05) is 34.4 Å². The number of carbonyl (C=O) groups excluding carboxylic acids is 1. The molecule has 1 aromatic rings. The van der Waals surface area contributed by atoms with Crippen LogP contribution in [0.5, 0.6) is 11.5 Å². The van der Waals surface area contributed by atoms with Gasteiger partial charge in [-0.25, -0.2) is 0 Å². The van der Waals surface area contributed by atoms with Crippen LogP contribution in [-0.2, 0) is 11.2 Å². The van der Waals surface area contributed by atoms with E-state index in [4.69, 9.17) is 9.47 Å². The van der Waals surface area contributed by atoms with Crippen molar-refractivity contribution in [1.29, 1.82) is 0 Å². The molecule has 1 aromatic carbocycles. The van der Waals surface area contributed by atoms with Crippen LogP contribution in [0, 0.1) is 5.92 Å². The predicted octanol–water partition coefficient (Wildman–Crippen LogP) is 1.46. The molecule has 2 rings (SSSR count). The second kappa shape index (κ2) is 9.66. The molecular formula is C20H33N2O3+. The highest BCUT2D eigenvalue weighted by molar-refractivity contribution is 5.77. The molecule has 1 unspecified atom stereocenters. The van der Waals surface area contributed by atoms with Crippen molar-refractivity contribution >= 4 is 5.91 Å². The average Bonchev–Trinajstić information content (AvgIpc) is 2.61. The van der Waals surface area contributed by atoms with Gasteiger partial charge in [-0.1, -0.05) is 25.8 Å². The Bertz CT molecular complexity index is 562. The van der Waals surface area contributed by atoms with Crippen LogP contribution in [0.25, 0.3) is 0 Å². The van der Waals surface area contributed by atoms with E-state index in [-0.39, 0.29) is 5.91 Å². The SMILES string of the molecule is COc1ccc(CC[NH+](C)CC(=O)N[C@H]2CCCC[C@@H]2C)cc1OC. The number of benzene rings is 1. The van der Waals surface area contributed by atoms with Crippen LogP contribution in [-0.4, -0.2) is 46.3 Å². The van der Waals surface area contributed by atoms with E-state index in [1.54, 1.807) is 14.2 Å². The summed E-state index contributed by atoms with van der Waals surface area (Å²) in [5, 5.41) is 3.23. The van der Waals surface area contributed by atoms with Crippen molar-refractivity contribution in [1.82, 2.24) is 5.32 Å². The Balaban J connectivity index is 1.78. The lowest BCUT2D eigenvalue weighted by Gasteiger charge is -2.29. The van der Waals surface area contributed by atoms with Crippen LogP contribution in [0.2, 0.25) is 0 Å². The lowest BCUT2D eigenvalue weighted by molar-refractivity contribution is -0.871. The Morgan fingerprint density at radius 3 is 2.60 bits per heavy atom. The van der Waals surface area contributed by atoms with Gasteiger partial charge in [-0.15, -0.1) is 0 Å². The fourth-order valence-corrected chi connectivity index (χ4v) is 3.54. The zero-order valence-corrected chi connectivity index (χ0v) is 16.1. The summed E-state index contributed by atoms with van der Waals surface area (Å²) in [4.78, 5) is 13.5. The van der Waals surface area contributed by atoms with E-state index >= 15 is 0 Å². The Morgan fingerprint density at radius 2 is 1.92 bits per heavy atom. The Kier molecular flexibility index (Phi) is 7.56. The molecule has 0 spiro atoms. The van der Waals surface area contributed by atoms with Crippen molar-refractivity contribution < 1.29 is 19.2 Å². The average molecular weight is 349 g/mol. The molecule has 3 atom stereocenters. The molecule has 0 bridgehead atoms. The maximum Gasteiger partial charge on any atom is 0.275 e. The van der Waals surface area contributed by atoms with Crippen molar-refractivity contribution in [2.45, 2.75) is 45.1 Å². The van der Waals surface area contributed by atoms with Gasteiger partial charge < -0.3 is 19.7 Å². The van der Waals surface area contributed by atoms with Crippen LogP contribution in [0.3, 0.4) is 0 Å². The van der Waals surface area contributed by atoms with E-state index in [9.17, 15) is 4.79 Å². The van der Waals surface area contributed by atoms with E-state index in [2.05, 4.69) is 25.4 Å². The van der Waals surface area contributed by atoms with Crippen LogP contribution < -0.4 is 19.7 Å². The van der Waals surface area contributed by atoms with Gasteiger partial charge in [0.15, 0.2) is 18.0 Å². The molecule has 2 N–H and O–H groups in total. The molecule has 140 valence electrons. The number of methoxy groups -OCH3 is 2. The summed E-state index contributed by atoms with van der Waals surface area (Å²) in [5.74, 6) is 2.27. The van der Waals surface area contributed by atoms with Gasteiger partial charge in [-0.05, 0) is 36.5 Å². The number of likely N-dealkylation sites (N-methyl/N-ethyl adjacent to an activating group) is 1. The molecule has 0 aromatic heterocycles. The highest BCUT2D eigenvalue weighted by Crippen LogP contribution is 2.27. The van der Waals surface area contributed by atoms with Crippen LogP contribution in [0.4, 0.5) is 0 Å². The first-order chi connectivity index (χ1) is 12.0. The number of carbonyl (C=O) groups is 1. The van der Waals surface area contributed by atoms with E-state index in [1.807, 2.05) is 12.1 Å². The minimum absolute atomic E-state index is 0.170. The molecule has 1 aliphatic rings. The quantitative estimate of drug-likeness (QED) is 0.747. The molecule has 1 aliphatic carbocycles. The standard InChI is InChI=1S/C20H32N2O3/c1-15-7-5-6-8-17(15)21-20(23)14-22(2)12-11-16-9-10-18(24-3)19(13-16)25-4/h9-10,13,15,17H,5-8,11-12,14H2,1-4H3,(H,21,23)/p+1/t15-,17-/m0/s1. The molecule has 1 amide bonds. The first-order valence-electron chi connectivity index (χ1n) is 9.35. The molecule has 5 heteroatoms. The summed E-state index contributed by atoms with van der Waals surface area (Å²) >= 11 is 0. The zero-order chi connectivity index (χ0) is 18.2. The summed E-state index contributed by atoms with van der Waals surface area (Å²) in [6.45, 7) is 3.68. The number of rotatable bonds is 8. The predicted molar refractivity (Wildman–Crippen MR) is 99.4 cm³/mol. The zero-order valence-electron chi connectivity index (χ0n) is 16.1. The van der Waals surface area contributed by atoms with Gasteiger partial charge >= 0.3 is 0 Å². The summed E-state index contributed by atoms with van der Waals surface area (Å²) in [6.07, 6.45) is 5.78. The lowest BCUT2D eigenvalue weighted by Crippen LogP contribution is -3.10. The normalized spacial score (nSPS) is 21.4. The topological polar surface area (TPSA) is 52.0 Å².